The molecule has 386 valence electrons. The van der Waals surface area contributed by atoms with Crippen LogP contribution in [0.3, 0.4) is 0 Å². The van der Waals surface area contributed by atoms with Crippen molar-refractivity contribution in [2.24, 2.45) is 17.3 Å². The number of halogens is 1. The maximum atomic E-state index is 15.1. The van der Waals surface area contributed by atoms with E-state index in [1.807, 2.05) is 45.0 Å². The van der Waals surface area contributed by atoms with Gasteiger partial charge in [-0.25, -0.2) is 9.49 Å². The Hall–Kier alpha value is -6.04. The largest absolute Gasteiger partial charge is 0.341 e. The number of amides is 5. The van der Waals surface area contributed by atoms with Crippen LogP contribution in [0.15, 0.2) is 71.5 Å². The Kier molecular flexibility index (Phi) is 14.2. The van der Waals surface area contributed by atoms with Crippen molar-refractivity contribution in [1.29, 1.82) is 0 Å². The van der Waals surface area contributed by atoms with Crippen LogP contribution in [-0.2, 0) is 20.8 Å². The molecule has 4 saturated carbocycles. The average molecular weight is 997 g/mol. The normalized spacial score (nSPS) is 24.2. The van der Waals surface area contributed by atoms with E-state index < -0.39 is 17.8 Å². The molecule has 1 aromatic heterocycles. The smallest absolute Gasteiger partial charge is 0.272 e. The number of fused-ring (bicyclic) bond motifs is 1. The molecule has 8 fully saturated rings. The SMILES string of the molecule is O=C(N[C@@H](C(=O)N1CCN(CC2CCN(CC(=O)N3CCN(C(=O)c4cc(Cc5n[nH]c(=O)c6ccccc56)ccc4F)CC3)CC2)CC1)C12CC(C1)C2)c1cccc(C2CCCN(C(=O)CNC3CC3)C2)c1. The van der Waals surface area contributed by atoms with E-state index >= 15 is 4.39 Å². The molecule has 16 nitrogen and oxygen atoms in total. The lowest BCUT2D eigenvalue weighted by atomic mass is 9.41. The monoisotopic (exact) mass is 997 g/mol. The highest BCUT2D eigenvalue weighted by Crippen LogP contribution is 2.66. The zero-order valence-corrected chi connectivity index (χ0v) is 41.9. The van der Waals surface area contributed by atoms with E-state index in [1.54, 1.807) is 29.2 Å². The predicted octanol–water partition coefficient (Wildman–Crippen LogP) is 3.85. The van der Waals surface area contributed by atoms with Gasteiger partial charge in [-0.2, -0.15) is 5.10 Å². The van der Waals surface area contributed by atoms with Gasteiger partial charge in [0.1, 0.15) is 11.9 Å². The highest BCUT2D eigenvalue weighted by atomic mass is 19.1. The summed E-state index contributed by atoms with van der Waals surface area (Å²) in [5.41, 5.74) is 2.51. The second-order valence-electron chi connectivity index (χ2n) is 22.3. The second-order valence-corrected chi connectivity index (χ2v) is 22.3. The summed E-state index contributed by atoms with van der Waals surface area (Å²) in [6, 6.07) is 19.4. The molecule has 4 saturated heterocycles. The van der Waals surface area contributed by atoms with E-state index in [2.05, 4.69) is 36.7 Å². The number of piperazine rings is 2. The summed E-state index contributed by atoms with van der Waals surface area (Å²) in [6.07, 6.45) is 9.46. The van der Waals surface area contributed by atoms with Crippen molar-refractivity contribution < 1.29 is 28.4 Å². The Morgan fingerprint density at radius 2 is 1.45 bits per heavy atom. The van der Waals surface area contributed by atoms with Crippen molar-refractivity contribution in [3.05, 3.63) is 111 Å². The molecule has 17 heteroatoms. The van der Waals surface area contributed by atoms with Gasteiger partial charge in [0.2, 0.25) is 17.7 Å². The topological polar surface area (TPSA) is 175 Å². The maximum absolute atomic E-state index is 15.1. The van der Waals surface area contributed by atoms with Gasteiger partial charge >= 0.3 is 0 Å². The summed E-state index contributed by atoms with van der Waals surface area (Å²) in [4.78, 5) is 92.8. The number of carbonyl (C=O) groups is 5. The zero-order chi connectivity index (χ0) is 50.2. The van der Waals surface area contributed by atoms with Gasteiger partial charge in [-0.3, -0.25) is 38.6 Å². The molecule has 12 rings (SSSR count). The molecular weight excluding hydrogens is 928 g/mol. The number of aromatic nitrogens is 2. The average Bonchev–Trinajstić information content (AvgIpc) is 4.24. The third-order valence-electron chi connectivity index (χ3n) is 17.3. The van der Waals surface area contributed by atoms with Crippen LogP contribution in [0.2, 0.25) is 0 Å². The van der Waals surface area contributed by atoms with E-state index in [-0.39, 0.29) is 46.1 Å². The lowest BCUT2D eigenvalue weighted by molar-refractivity contribution is -0.164. The molecule has 8 aliphatic rings. The van der Waals surface area contributed by atoms with Crippen LogP contribution in [0.4, 0.5) is 4.39 Å². The van der Waals surface area contributed by atoms with Crippen LogP contribution < -0.4 is 16.2 Å². The minimum atomic E-state index is -0.604. The molecule has 5 heterocycles. The first-order valence-electron chi connectivity index (χ1n) is 26.9. The van der Waals surface area contributed by atoms with E-state index in [0.717, 1.165) is 103 Å². The van der Waals surface area contributed by atoms with Crippen molar-refractivity contribution in [1.82, 2.24) is 50.2 Å². The predicted molar refractivity (Wildman–Crippen MR) is 273 cm³/mol. The summed E-state index contributed by atoms with van der Waals surface area (Å²) in [5, 5.41) is 14.6. The summed E-state index contributed by atoms with van der Waals surface area (Å²) in [7, 11) is 0. The summed E-state index contributed by atoms with van der Waals surface area (Å²) >= 11 is 0. The molecule has 3 aromatic carbocycles. The highest BCUT2D eigenvalue weighted by Gasteiger charge is 2.63. The molecule has 2 atom stereocenters. The van der Waals surface area contributed by atoms with Gasteiger partial charge in [0, 0.05) is 107 Å². The third-order valence-corrected chi connectivity index (χ3v) is 17.3. The minimum Gasteiger partial charge on any atom is -0.341 e. The van der Waals surface area contributed by atoms with Gasteiger partial charge < -0.3 is 30.2 Å². The number of hydrogen-bond acceptors (Lipinski definition) is 10. The molecule has 4 aromatic rings. The molecule has 2 bridgehead atoms. The third kappa shape index (κ3) is 10.8. The van der Waals surface area contributed by atoms with Crippen LogP contribution >= 0.6 is 0 Å². The number of nitrogens with one attached hydrogen (secondary N) is 3. The van der Waals surface area contributed by atoms with Crippen molar-refractivity contribution in [3.63, 3.8) is 0 Å². The molecule has 0 radical (unpaired) electrons. The van der Waals surface area contributed by atoms with Crippen LogP contribution in [0.5, 0.6) is 0 Å². The van der Waals surface area contributed by atoms with Gasteiger partial charge in [0.15, 0.2) is 0 Å². The number of rotatable bonds is 15. The van der Waals surface area contributed by atoms with Gasteiger partial charge in [-0.15, -0.1) is 0 Å². The number of hydrogen-bond donors (Lipinski definition) is 3. The van der Waals surface area contributed by atoms with E-state index in [4.69, 9.17) is 0 Å². The summed E-state index contributed by atoms with van der Waals surface area (Å²) in [6.45, 7) is 9.01. The van der Waals surface area contributed by atoms with Gasteiger partial charge in [0.25, 0.3) is 17.4 Å². The molecule has 0 spiro atoms. The lowest BCUT2D eigenvalue weighted by Crippen LogP contribution is -2.69. The first-order chi connectivity index (χ1) is 35.4. The minimum absolute atomic E-state index is 0.0211. The van der Waals surface area contributed by atoms with Crippen molar-refractivity contribution in [2.45, 2.75) is 82.2 Å². The van der Waals surface area contributed by atoms with Gasteiger partial charge in [0.05, 0.1) is 29.7 Å². The zero-order valence-electron chi connectivity index (χ0n) is 41.9. The molecule has 5 amide bonds. The lowest BCUT2D eigenvalue weighted by Gasteiger charge is -2.65. The fraction of sp³-hybridized carbons (Fsp3) is 0.554. The number of piperidine rings is 2. The molecule has 4 aliphatic heterocycles. The Morgan fingerprint density at radius 3 is 2.18 bits per heavy atom. The Bertz CT molecular complexity index is 2780. The van der Waals surface area contributed by atoms with E-state index in [1.165, 1.54) is 6.07 Å². The second kappa shape index (κ2) is 21.1. The Labute approximate surface area is 426 Å². The van der Waals surface area contributed by atoms with Crippen molar-refractivity contribution in [2.75, 3.05) is 98.2 Å². The Balaban J connectivity index is 0.610. The van der Waals surface area contributed by atoms with E-state index in [9.17, 15) is 28.8 Å². The number of nitrogens with zero attached hydrogens (tertiary/aromatic N) is 7. The molecule has 3 N–H and O–H groups in total. The number of likely N-dealkylation sites (tertiary alicyclic amines) is 2. The fourth-order valence-electron chi connectivity index (χ4n) is 12.6. The number of aromatic amines is 1. The quantitative estimate of drug-likeness (QED) is 0.159. The first kappa shape index (κ1) is 49.2. The van der Waals surface area contributed by atoms with Crippen LogP contribution in [-0.4, -0.2) is 179 Å². The van der Waals surface area contributed by atoms with Crippen molar-refractivity contribution >= 4 is 40.3 Å². The fourth-order valence-corrected chi connectivity index (χ4v) is 12.6. The molecule has 1 unspecified atom stereocenters. The molecule has 4 aliphatic carbocycles. The van der Waals surface area contributed by atoms with Crippen LogP contribution in [0.1, 0.15) is 101 Å². The number of H-pyrrole nitrogens is 1. The van der Waals surface area contributed by atoms with Crippen LogP contribution in [0, 0.1) is 23.1 Å². The van der Waals surface area contributed by atoms with Crippen molar-refractivity contribution in [3.8, 4) is 0 Å². The Morgan fingerprint density at radius 1 is 0.726 bits per heavy atom. The molecular formula is C56H69FN10O6. The van der Waals surface area contributed by atoms with Gasteiger partial charge in [-0.05, 0) is 124 Å². The molecule has 73 heavy (non-hydrogen) atoms. The number of carbonyl (C=O) groups excluding carboxylic acids is 5. The highest BCUT2D eigenvalue weighted by molar-refractivity contribution is 5.98. The number of benzene rings is 3. The standard InChI is InChI=1S/C56H69FN10O6/c57-47-13-10-38(28-48-44-8-1-2-9-45(44)53(71)61-60-48)27-46(47)54(72)65-25-23-64(24-26-65)50(69)36-62-17-14-37(15-18-62)34-63-19-21-66(22-20-63)55(73)51(56-30-39(31-56)32-56)59-52(70)41-6-3-5-40(29-41)42-7-4-16-67(35-42)49(68)33-58-43-11-12-43/h1-3,5-6,8-10,13,27,29,37,39,42-43,51,58H,4,7,11-12,14-26,28,30-36H2,(H,59,70)(H,61,71)/t39?,42?,51-,56?/m0/s1. The van der Waals surface area contributed by atoms with Gasteiger partial charge in [-0.1, -0.05) is 36.4 Å². The summed E-state index contributed by atoms with van der Waals surface area (Å²) in [5.74, 6) is 0.347. The summed E-state index contributed by atoms with van der Waals surface area (Å²) < 4.78 is 15.1. The van der Waals surface area contributed by atoms with E-state index in [0.29, 0.717) is 111 Å². The maximum Gasteiger partial charge on any atom is 0.272 e. The van der Waals surface area contributed by atoms with Crippen LogP contribution in [0.25, 0.3) is 10.8 Å². The first-order valence-corrected chi connectivity index (χ1v) is 26.9.